The van der Waals surface area contributed by atoms with Crippen LogP contribution in [0.15, 0.2) is 6.07 Å². The molecule has 0 aromatic carbocycles. The predicted molar refractivity (Wildman–Crippen MR) is 86.5 cm³/mol. The Kier molecular flexibility index (Phi) is 5.79. The Balaban J connectivity index is 2.11. The maximum Gasteiger partial charge on any atom is 0.158 e. The van der Waals surface area contributed by atoms with Gasteiger partial charge in [-0.1, -0.05) is 13.8 Å². The number of nitrogens with zero attached hydrogens (tertiary/aromatic N) is 2. The van der Waals surface area contributed by atoms with Crippen molar-refractivity contribution in [1.29, 1.82) is 0 Å². The highest BCUT2D eigenvalue weighted by Crippen LogP contribution is 2.33. The van der Waals surface area contributed by atoms with E-state index < -0.39 is 0 Å². The molecule has 5 heteroatoms. The first kappa shape index (κ1) is 16.0. The van der Waals surface area contributed by atoms with Gasteiger partial charge in [-0.3, -0.25) is 0 Å². The van der Waals surface area contributed by atoms with Crippen LogP contribution in [-0.2, 0) is 11.3 Å². The largest absolute Gasteiger partial charge is 0.374 e. The van der Waals surface area contributed by atoms with Crippen molar-refractivity contribution < 1.29 is 4.74 Å². The van der Waals surface area contributed by atoms with Gasteiger partial charge in [-0.2, -0.15) is 0 Å². The molecule has 1 heterocycles. The van der Waals surface area contributed by atoms with E-state index in [4.69, 9.17) is 4.74 Å². The number of nitrogens with one attached hydrogen (secondary N) is 2. The summed E-state index contributed by atoms with van der Waals surface area (Å²) in [6, 6.07) is 2.50. The van der Waals surface area contributed by atoms with Gasteiger partial charge in [0, 0.05) is 25.3 Å². The molecule has 21 heavy (non-hydrogen) atoms. The summed E-state index contributed by atoms with van der Waals surface area (Å²) in [7, 11) is 0. The number of hydrogen-bond donors (Lipinski definition) is 2. The molecule has 118 valence electrons. The molecule has 1 aliphatic rings. The molecule has 3 atom stereocenters. The van der Waals surface area contributed by atoms with Crippen LogP contribution in [0, 0.1) is 11.8 Å². The second-order valence-electron chi connectivity index (χ2n) is 5.89. The molecule has 1 saturated carbocycles. The van der Waals surface area contributed by atoms with Crippen molar-refractivity contribution in [3.05, 3.63) is 11.9 Å². The number of ether oxygens (including phenoxy) is 1. The third kappa shape index (κ3) is 4.30. The highest BCUT2D eigenvalue weighted by molar-refractivity contribution is 5.48. The van der Waals surface area contributed by atoms with E-state index in [1.54, 1.807) is 0 Å². The van der Waals surface area contributed by atoms with Crippen LogP contribution in [0.2, 0.25) is 0 Å². The van der Waals surface area contributed by atoms with Crippen LogP contribution in [-0.4, -0.2) is 29.2 Å². The van der Waals surface area contributed by atoms with E-state index in [1.165, 1.54) is 12.8 Å². The molecule has 1 fully saturated rings. The van der Waals surface area contributed by atoms with E-state index in [1.807, 2.05) is 13.0 Å². The van der Waals surface area contributed by atoms with Gasteiger partial charge in [0.15, 0.2) is 5.82 Å². The lowest BCUT2D eigenvalue weighted by Crippen LogP contribution is -2.25. The van der Waals surface area contributed by atoms with E-state index in [0.717, 1.165) is 29.9 Å². The SMILES string of the molecule is CCNc1cc(NC2CCC(C)C2C)nc(COCC)n1. The molecule has 1 aliphatic carbocycles. The Hall–Kier alpha value is -1.36. The van der Waals surface area contributed by atoms with E-state index in [-0.39, 0.29) is 0 Å². The quantitative estimate of drug-likeness (QED) is 0.807. The lowest BCUT2D eigenvalue weighted by atomic mass is 9.98. The van der Waals surface area contributed by atoms with Gasteiger partial charge in [-0.25, -0.2) is 9.97 Å². The van der Waals surface area contributed by atoms with Crippen molar-refractivity contribution in [1.82, 2.24) is 9.97 Å². The minimum atomic E-state index is 0.459. The molecular weight excluding hydrogens is 264 g/mol. The summed E-state index contributed by atoms with van der Waals surface area (Å²) in [5, 5.41) is 6.85. The summed E-state index contributed by atoms with van der Waals surface area (Å²) in [5.74, 6) is 3.96. The average molecular weight is 292 g/mol. The zero-order chi connectivity index (χ0) is 15.2. The van der Waals surface area contributed by atoms with Crippen LogP contribution < -0.4 is 10.6 Å². The van der Waals surface area contributed by atoms with Crippen LogP contribution in [0.3, 0.4) is 0 Å². The average Bonchev–Trinajstić information content (AvgIpc) is 2.77. The Labute approximate surface area is 127 Å². The predicted octanol–water partition coefficient (Wildman–Crippen LogP) is 3.29. The molecule has 3 unspecified atom stereocenters. The summed E-state index contributed by atoms with van der Waals surface area (Å²) in [6.07, 6.45) is 2.50. The lowest BCUT2D eigenvalue weighted by molar-refractivity contribution is 0.128. The Morgan fingerprint density at radius 2 is 1.95 bits per heavy atom. The Bertz CT molecular complexity index is 452. The molecule has 1 aromatic rings. The number of anilines is 2. The van der Waals surface area contributed by atoms with Gasteiger partial charge in [-0.05, 0) is 38.5 Å². The van der Waals surface area contributed by atoms with Crippen molar-refractivity contribution in [2.75, 3.05) is 23.8 Å². The van der Waals surface area contributed by atoms with Crippen molar-refractivity contribution in [2.45, 2.75) is 53.2 Å². The van der Waals surface area contributed by atoms with Gasteiger partial charge in [0.1, 0.15) is 18.2 Å². The number of rotatable bonds is 7. The van der Waals surface area contributed by atoms with Gasteiger partial charge in [0.2, 0.25) is 0 Å². The minimum Gasteiger partial charge on any atom is -0.374 e. The van der Waals surface area contributed by atoms with Crippen LogP contribution in [0.25, 0.3) is 0 Å². The molecule has 0 bridgehead atoms. The van der Waals surface area contributed by atoms with Crippen LogP contribution in [0.5, 0.6) is 0 Å². The fourth-order valence-electron chi connectivity index (χ4n) is 2.86. The minimum absolute atomic E-state index is 0.459. The number of hydrogen-bond acceptors (Lipinski definition) is 5. The van der Waals surface area contributed by atoms with Gasteiger partial charge in [-0.15, -0.1) is 0 Å². The first-order valence-corrected chi connectivity index (χ1v) is 8.10. The number of aromatic nitrogens is 2. The standard InChI is InChI=1S/C16H28N4O/c1-5-17-14-9-15(20-16(19-14)10-21-6-2)18-13-8-7-11(3)12(13)4/h9,11-13H,5-8,10H2,1-4H3,(H2,17,18,19,20). The second kappa shape index (κ2) is 7.59. The highest BCUT2D eigenvalue weighted by atomic mass is 16.5. The first-order valence-electron chi connectivity index (χ1n) is 8.10. The molecular formula is C16H28N4O. The zero-order valence-corrected chi connectivity index (χ0v) is 13.6. The summed E-state index contributed by atoms with van der Waals surface area (Å²) in [6.45, 7) is 10.7. The third-order valence-electron chi connectivity index (χ3n) is 4.36. The molecule has 2 N–H and O–H groups in total. The van der Waals surface area contributed by atoms with Gasteiger partial charge < -0.3 is 15.4 Å². The fraction of sp³-hybridized carbons (Fsp3) is 0.750. The first-order chi connectivity index (χ1) is 10.1. The Morgan fingerprint density at radius 3 is 2.57 bits per heavy atom. The topological polar surface area (TPSA) is 59.1 Å². The molecule has 0 aliphatic heterocycles. The molecule has 1 aromatic heterocycles. The smallest absolute Gasteiger partial charge is 0.158 e. The van der Waals surface area contributed by atoms with Crippen molar-refractivity contribution in [3.8, 4) is 0 Å². The van der Waals surface area contributed by atoms with Gasteiger partial charge >= 0.3 is 0 Å². The summed E-state index contributed by atoms with van der Waals surface area (Å²) >= 11 is 0. The van der Waals surface area contributed by atoms with E-state index >= 15 is 0 Å². The normalized spacial score (nSPS) is 25.0. The summed E-state index contributed by atoms with van der Waals surface area (Å²) in [4.78, 5) is 9.07. The summed E-state index contributed by atoms with van der Waals surface area (Å²) in [5.41, 5.74) is 0. The third-order valence-corrected chi connectivity index (χ3v) is 4.36. The molecule has 0 radical (unpaired) electrons. The molecule has 0 spiro atoms. The molecule has 0 saturated heterocycles. The van der Waals surface area contributed by atoms with Crippen molar-refractivity contribution in [3.63, 3.8) is 0 Å². The Morgan fingerprint density at radius 1 is 1.19 bits per heavy atom. The van der Waals surface area contributed by atoms with Crippen LogP contribution in [0.1, 0.15) is 46.4 Å². The molecule has 0 amide bonds. The van der Waals surface area contributed by atoms with Gasteiger partial charge in [0.05, 0.1) is 0 Å². The second-order valence-corrected chi connectivity index (χ2v) is 5.89. The fourth-order valence-corrected chi connectivity index (χ4v) is 2.86. The van der Waals surface area contributed by atoms with Crippen molar-refractivity contribution in [2.24, 2.45) is 11.8 Å². The van der Waals surface area contributed by atoms with E-state index in [9.17, 15) is 0 Å². The highest BCUT2D eigenvalue weighted by Gasteiger charge is 2.29. The molecule has 5 nitrogen and oxygen atoms in total. The zero-order valence-electron chi connectivity index (χ0n) is 13.6. The maximum absolute atomic E-state index is 5.44. The van der Waals surface area contributed by atoms with Gasteiger partial charge in [0.25, 0.3) is 0 Å². The van der Waals surface area contributed by atoms with E-state index in [0.29, 0.717) is 25.2 Å². The van der Waals surface area contributed by atoms with Crippen molar-refractivity contribution >= 4 is 11.6 Å². The van der Waals surface area contributed by atoms with Crippen LogP contribution >= 0.6 is 0 Å². The molecule has 2 rings (SSSR count). The monoisotopic (exact) mass is 292 g/mol. The summed E-state index contributed by atoms with van der Waals surface area (Å²) < 4.78 is 5.44. The van der Waals surface area contributed by atoms with E-state index in [2.05, 4.69) is 41.4 Å². The lowest BCUT2D eigenvalue weighted by Gasteiger charge is -2.21. The van der Waals surface area contributed by atoms with Crippen LogP contribution in [0.4, 0.5) is 11.6 Å². The maximum atomic E-state index is 5.44.